The second kappa shape index (κ2) is 7.37. The standard InChI is InChI=1S/C12H21NO4Si/c1-4-14-18(15-5-2,16-6-3)17-12-9-7-11(13)8-10-12/h7-10H,4-6,13H2,1-3H3. The third-order valence-electron chi connectivity index (χ3n) is 2.09. The zero-order chi connectivity index (χ0) is 13.4. The Morgan fingerprint density at radius 3 is 1.72 bits per heavy atom. The monoisotopic (exact) mass is 271 g/mol. The molecule has 0 aliphatic heterocycles. The molecule has 1 rings (SSSR count). The molecule has 5 nitrogen and oxygen atoms in total. The lowest BCUT2D eigenvalue weighted by atomic mass is 10.3. The predicted octanol–water partition coefficient (Wildman–Crippen LogP) is 2.19. The molecular weight excluding hydrogens is 250 g/mol. The number of anilines is 1. The highest BCUT2D eigenvalue weighted by Gasteiger charge is 2.47. The van der Waals surface area contributed by atoms with E-state index in [0.717, 1.165) is 0 Å². The first-order valence-corrected chi connectivity index (χ1v) is 7.75. The molecule has 6 heteroatoms. The van der Waals surface area contributed by atoms with Crippen LogP contribution in [0.15, 0.2) is 24.3 Å². The summed E-state index contributed by atoms with van der Waals surface area (Å²) in [4.78, 5) is 0. The van der Waals surface area contributed by atoms with E-state index in [2.05, 4.69) is 0 Å². The van der Waals surface area contributed by atoms with Crippen LogP contribution in [-0.4, -0.2) is 28.9 Å². The van der Waals surface area contributed by atoms with E-state index >= 15 is 0 Å². The zero-order valence-electron chi connectivity index (χ0n) is 11.1. The summed E-state index contributed by atoms with van der Waals surface area (Å²) in [6, 6.07) is 7.07. The Kier molecular flexibility index (Phi) is 6.13. The second-order valence-corrected chi connectivity index (χ2v) is 5.54. The van der Waals surface area contributed by atoms with Crippen LogP contribution in [0.5, 0.6) is 5.75 Å². The molecule has 0 radical (unpaired) electrons. The van der Waals surface area contributed by atoms with E-state index in [1.165, 1.54) is 0 Å². The second-order valence-electron chi connectivity index (χ2n) is 3.47. The summed E-state index contributed by atoms with van der Waals surface area (Å²) in [7, 11) is -3.09. The lowest BCUT2D eigenvalue weighted by Crippen LogP contribution is -2.52. The van der Waals surface area contributed by atoms with E-state index in [-0.39, 0.29) is 0 Å². The summed E-state index contributed by atoms with van der Waals surface area (Å²) in [6.45, 7) is 7.06. The van der Waals surface area contributed by atoms with Crippen molar-refractivity contribution in [1.29, 1.82) is 0 Å². The topological polar surface area (TPSA) is 62.9 Å². The number of nitrogen functional groups attached to an aromatic ring is 1. The molecule has 2 N–H and O–H groups in total. The number of hydrogen-bond donors (Lipinski definition) is 1. The van der Waals surface area contributed by atoms with Gasteiger partial charge in [-0.2, -0.15) is 0 Å². The van der Waals surface area contributed by atoms with Crippen molar-refractivity contribution in [3.8, 4) is 5.75 Å². The molecule has 0 aliphatic carbocycles. The predicted molar refractivity (Wildman–Crippen MR) is 72.1 cm³/mol. The van der Waals surface area contributed by atoms with Gasteiger partial charge in [0.2, 0.25) is 0 Å². The third-order valence-corrected chi connectivity index (χ3v) is 4.50. The number of hydrogen-bond acceptors (Lipinski definition) is 5. The number of rotatable bonds is 8. The summed E-state index contributed by atoms with van der Waals surface area (Å²) in [5, 5.41) is 0. The van der Waals surface area contributed by atoms with Gasteiger partial charge in [0, 0.05) is 25.5 Å². The van der Waals surface area contributed by atoms with Gasteiger partial charge in [-0.1, -0.05) is 0 Å². The number of nitrogens with two attached hydrogens (primary N) is 1. The van der Waals surface area contributed by atoms with E-state index in [9.17, 15) is 0 Å². The van der Waals surface area contributed by atoms with E-state index in [0.29, 0.717) is 31.3 Å². The Bertz CT molecular complexity index is 327. The molecule has 0 saturated carbocycles. The molecule has 1 aromatic rings. The van der Waals surface area contributed by atoms with Gasteiger partial charge in [0.05, 0.1) is 0 Å². The summed E-state index contributed by atoms with van der Waals surface area (Å²) >= 11 is 0. The smallest absolute Gasteiger partial charge is 0.480 e. The van der Waals surface area contributed by atoms with Gasteiger partial charge in [0.15, 0.2) is 0 Å². The Morgan fingerprint density at radius 1 is 0.889 bits per heavy atom. The van der Waals surface area contributed by atoms with E-state index in [1.807, 2.05) is 20.8 Å². The minimum absolute atomic E-state index is 0.473. The fourth-order valence-electron chi connectivity index (χ4n) is 1.42. The number of benzene rings is 1. The fourth-order valence-corrected chi connectivity index (χ4v) is 3.34. The quantitative estimate of drug-likeness (QED) is 0.580. The van der Waals surface area contributed by atoms with Crippen molar-refractivity contribution in [3.05, 3.63) is 24.3 Å². The molecule has 102 valence electrons. The van der Waals surface area contributed by atoms with Gasteiger partial charge >= 0.3 is 9.05 Å². The van der Waals surface area contributed by atoms with Gasteiger partial charge in [-0.05, 0) is 45.0 Å². The van der Waals surface area contributed by atoms with Crippen molar-refractivity contribution >= 4 is 14.7 Å². The van der Waals surface area contributed by atoms with E-state index < -0.39 is 9.05 Å². The Morgan fingerprint density at radius 2 is 1.33 bits per heavy atom. The molecule has 1 aromatic carbocycles. The van der Waals surface area contributed by atoms with Crippen LogP contribution in [0.3, 0.4) is 0 Å². The summed E-state index contributed by atoms with van der Waals surface area (Å²) in [5.41, 5.74) is 6.31. The maximum Gasteiger partial charge on any atom is 0.749 e. The van der Waals surface area contributed by atoms with Gasteiger partial charge in [-0.15, -0.1) is 0 Å². The normalized spacial score (nSPS) is 11.5. The molecule has 0 heterocycles. The Hall–Kier alpha value is -1.08. The van der Waals surface area contributed by atoms with Crippen LogP contribution in [0.4, 0.5) is 5.69 Å². The first kappa shape index (κ1) is 15.0. The Labute approximate surface area is 109 Å². The van der Waals surface area contributed by atoms with Crippen LogP contribution in [0.2, 0.25) is 0 Å². The SMILES string of the molecule is CCO[Si](OCC)(OCC)Oc1ccc(N)cc1. The average Bonchev–Trinajstić information content (AvgIpc) is 2.33. The average molecular weight is 271 g/mol. The van der Waals surface area contributed by atoms with Crippen LogP contribution in [0.1, 0.15) is 20.8 Å². The largest absolute Gasteiger partial charge is 0.749 e. The lowest BCUT2D eigenvalue weighted by Gasteiger charge is -2.27. The molecule has 0 aliphatic rings. The molecule has 0 atom stereocenters. The van der Waals surface area contributed by atoms with Crippen LogP contribution in [0.25, 0.3) is 0 Å². The van der Waals surface area contributed by atoms with Gasteiger partial charge < -0.3 is 23.4 Å². The van der Waals surface area contributed by atoms with Crippen LogP contribution < -0.4 is 10.2 Å². The summed E-state index contributed by atoms with van der Waals surface area (Å²) < 4.78 is 22.6. The van der Waals surface area contributed by atoms with E-state index in [4.69, 9.17) is 23.4 Å². The fraction of sp³-hybridized carbons (Fsp3) is 0.500. The van der Waals surface area contributed by atoms with Crippen molar-refractivity contribution in [3.63, 3.8) is 0 Å². The minimum Gasteiger partial charge on any atom is -0.480 e. The molecule has 0 amide bonds. The molecular formula is C12H21NO4Si. The van der Waals surface area contributed by atoms with E-state index in [1.54, 1.807) is 24.3 Å². The van der Waals surface area contributed by atoms with Crippen molar-refractivity contribution in [2.45, 2.75) is 20.8 Å². The van der Waals surface area contributed by atoms with Gasteiger partial charge in [0.25, 0.3) is 0 Å². The van der Waals surface area contributed by atoms with Crippen LogP contribution in [0, 0.1) is 0 Å². The van der Waals surface area contributed by atoms with Crippen molar-refractivity contribution in [1.82, 2.24) is 0 Å². The summed E-state index contributed by atoms with van der Waals surface area (Å²) in [6.07, 6.45) is 0. The first-order valence-electron chi connectivity index (χ1n) is 6.12. The van der Waals surface area contributed by atoms with Gasteiger partial charge in [-0.3, -0.25) is 0 Å². The van der Waals surface area contributed by atoms with Crippen LogP contribution >= 0.6 is 0 Å². The highest BCUT2D eigenvalue weighted by molar-refractivity contribution is 6.54. The highest BCUT2D eigenvalue weighted by atomic mass is 28.4. The van der Waals surface area contributed by atoms with Crippen molar-refractivity contribution in [2.75, 3.05) is 25.6 Å². The zero-order valence-corrected chi connectivity index (χ0v) is 12.1. The Balaban J connectivity index is 2.84. The molecule has 0 bridgehead atoms. The van der Waals surface area contributed by atoms with Gasteiger partial charge in [0.1, 0.15) is 5.75 Å². The third kappa shape index (κ3) is 4.30. The molecule has 0 saturated heterocycles. The minimum atomic E-state index is -3.09. The van der Waals surface area contributed by atoms with Crippen molar-refractivity contribution < 1.29 is 17.7 Å². The van der Waals surface area contributed by atoms with Gasteiger partial charge in [-0.25, -0.2) is 0 Å². The molecule has 0 spiro atoms. The lowest BCUT2D eigenvalue weighted by molar-refractivity contribution is 0.00970. The summed E-state index contributed by atoms with van der Waals surface area (Å²) in [5.74, 6) is 0.631. The van der Waals surface area contributed by atoms with Crippen LogP contribution in [-0.2, 0) is 13.3 Å². The molecule has 0 unspecified atom stereocenters. The highest BCUT2D eigenvalue weighted by Crippen LogP contribution is 2.20. The first-order chi connectivity index (χ1) is 8.65. The molecule has 0 aromatic heterocycles. The maximum absolute atomic E-state index is 5.80. The molecule has 18 heavy (non-hydrogen) atoms. The maximum atomic E-state index is 5.80. The van der Waals surface area contributed by atoms with Crippen molar-refractivity contribution in [2.24, 2.45) is 0 Å². The molecule has 0 fully saturated rings.